The number of carbonyl (C=O) groups is 1. The van der Waals surface area contributed by atoms with Gasteiger partial charge in [-0.3, -0.25) is 14.0 Å². The summed E-state index contributed by atoms with van der Waals surface area (Å²) in [5, 5.41) is 11.1. The second-order valence-electron chi connectivity index (χ2n) is 10.4. The SMILES string of the molecule is COc1ccc(/C(O)=C2/C(=O)c3c(C)cc(C)nc3S(=O)(=O)N2CCCN2CCN(c3ccccc3OC)CC2)cc1. The Morgan fingerprint density at radius 2 is 1.64 bits per heavy atom. The number of Topliss-reactive ketones (excluding diaryl/α,β-unsaturated/α-hetero) is 1. The molecule has 0 saturated carbocycles. The number of sulfonamides is 1. The smallest absolute Gasteiger partial charge is 0.282 e. The number of hydrogen-bond donors (Lipinski definition) is 1. The number of aromatic nitrogens is 1. The summed E-state index contributed by atoms with van der Waals surface area (Å²) in [7, 11) is -1.02. The van der Waals surface area contributed by atoms with Crippen LogP contribution in [0.2, 0.25) is 0 Å². The van der Waals surface area contributed by atoms with Crippen molar-refractivity contribution in [3.8, 4) is 11.5 Å². The van der Waals surface area contributed by atoms with Gasteiger partial charge in [0.2, 0.25) is 5.78 Å². The van der Waals surface area contributed by atoms with Gasteiger partial charge in [0, 0.05) is 50.5 Å². The Morgan fingerprint density at radius 3 is 2.31 bits per heavy atom. The van der Waals surface area contributed by atoms with E-state index < -0.39 is 21.6 Å². The summed E-state index contributed by atoms with van der Waals surface area (Å²) in [6.07, 6.45) is 0.459. The van der Waals surface area contributed by atoms with Crippen LogP contribution >= 0.6 is 0 Å². The van der Waals surface area contributed by atoms with Crippen molar-refractivity contribution >= 4 is 27.3 Å². The second kappa shape index (κ2) is 12.0. The summed E-state index contributed by atoms with van der Waals surface area (Å²) in [5.41, 5.74) is 2.11. The summed E-state index contributed by atoms with van der Waals surface area (Å²) in [6, 6.07) is 16.1. The van der Waals surface area contributed by atoms with Crippen LogP contribution in [0.4, 0.5) is 5.69 Å². The topological polar surface area (TPSA) is 113 Å². The molecule has 222 valence electrons. The van der Waals surface area contributed by atoms with E-state index in [0.717, 1.165) is 41.9 Å². The molecule has 1 fully saturated rings. The van der Waals surface area contributed by atoms with Crippen molar-refractivity contribution in [3.63, 3.8) is 0 Å². The van der Waals surface area contributed by atoms with Gasteiger partial charge in [0.05, 0.1) is 25.5 Å². The first kappa shape index (κ1) is 29.4. The Morgan fingerprint density at radius 1 is 0.952 bits per heavy atom. The molecule has 0 spiro atoms. The summed E-state index contributed by atoms with van der Waals surface area (Å²) in [5.74, 6) is 0.440. The fraction of sp³-hybridized carbons (Fsp3) is 0.355. The number of ether oxygens (including phenoxy) is 2. The molecule has 3 heterocycles. The number of benzene rings is 2. The molecule has 0 amide bonds. The van der Waals surface area contributed by atoms with Crippen LogP contribution < -0.4 is 14.4 Å². The second-order valence-corrected chi connectivity index (χ2v) is 12.2. The molecule has 2 aliphatic heterocycles. The van der Waals surface area contributed by atoms with E-state index in [9.17, 15) is 18.3 Å². The monoisotopic (exact) mass is 592 g/mol. The summed E-state index contributed by atoms with van der Waals surface area (Å²) < 4.78 is 39.7. The van der Waals surface area contributed by atoms with Crippen molar-refractivity contribution in [1.82, 2.24) is 14.2 Å². The predicted molar refractivity (Wildman–Crippen MR) is 161 cm³/mol. The van der Waals surface area contributed by atoms with Gasteiger partial charge in [-0.05, 0) is 68.3 Å². The number of nitrogens with zero attached hydrogens (tertiary/aromatic N) is 4. The number of hydrogen-bond acceptors (Lipinski definition) is 9. The standard InChI is InChI=1S/C31H36N4O6S/c1-21-20-22(2)32-31-27(21)30(37)28(29(36)23-10-12-24(40-3)13-11-23)35(42(31,38)39)15-7-14-33-16-18-34(19-17-33)25-8-5-6-9-26(25)41-4/h5-6,8-13,20,36H,7,14-19H2,1-4H3/b29-28+. The van der Waals surface area contributed by atoms with Gasteiger partial charge >= 0.3 is 0 Å². The Kier molecular flexibility index (Phi) is 8.42. The molecule has 0 unspecified atom stereocenters. The van der Waals surface area contributed by atoms with E-state index >= 15 is 0 Å². The van der Waals surface area contributed by atoms with E-state index in [4.69, 9.17) is 9.47 Å². The van der Waals surface area contributed by atoms with E-state index in [1.807, 2.05) is 24.3 Å². The van der Waals surface area contributed by atoms with Gasteiger partial charge in [-0.1, -0.05) is 12.1 Å². The van der Waals surface area contributed by atoms with Gasteiger partial charge in [-0.25, -0.2) is 4.98 Å². The van der Waals surface area contributed by atoms with Gasteiger partial charge in [0.15, 0.2) is 10.8 Å². The fourth-order valence-electron chi connectivity index (χ4n) is 5.61. The van der Waals surface area contributed by atoms with Gasteiger partial charge in [-0.15, -0.1) is 0 Å². The molecule has 5 rings (SSSR count). The van der Waals surface area contributed by atoms with Crippen LogP contribution in [0.25, 0.3) is 5.76 Å². The van der Waals surface area contributed by atoms with Crippen molar-refractivity contribution in [2.45, 2.75) is 25.3 Å². The minimum absolute atomic E-state index is 0.000580. The summed E-state index contributed by atoms with van der Waals surface area (Å²) in [6.45, 7) is 7.23. The van der Waals surface area contributed by atoms with Crippen LogP contribution in [0.15, 0.2) is 65.3 Å². The zero-order chi connectivity index (χ0) is 30.0. The zero-order valence-corrected chi connectivity index (χ0v) is 25.1. The lowest BCUT2D eigenvalue weighted by Gasteiger charge is -2.37. The molecule has 0 aliphatic carbocycles. The van der Waals surface area contributed by atoms with E-state index in [1.54, 1.807) is 51.3 Å². The number of piperazine rings is 1. The first-order valence-electron chi connectivity index (χ1n) is 13.9. The summed E-state index contributed by atoms with van der Waals surface area (Å²) >= 11 is 0. The van der Waals surface area contributed by atoms with Crippen molar-refractivity contribution < 1.29 is 27.8 Å². The number of carbonyl (C=O) groups excluding carboxylic acids is 1. The molecule has 2 aliphatic rings. The molecular formula is C31H36N4O6S. The van der Waals surface area contributed by atoms with Crippen LogP contribution in [0.5, 0.6) is 11.5 Å². The molecule has 42 heavy (non-hydrogen) atoms. The third kappa shape index (κ3) is 5.54. The predicted octanol–water partition coefficient (Wildman–Crippen LogP) is 4.04. The molecule has 10 nitrogen and oxygen atoms in total. The molecule has 0 atom stereocenters. The average molecular weight is 593 g/mol. The highest BCUT2D eigenvalue weighted by Crippen LogP contribution is 2.37. The van der Waals surface area contributed by atoms with Gasteiger partial charge in [0.25, 0.3) is 10.0 Å². The maximum atomic E-state index is 14.0. The number of allylic oxidation sites excluding steroid dienone is 1. The first-order chi connectivity index (χ1) is 20.1. The molecule has 3 aromatic rings. The number of fused-ring (bicyclic) bond motifs is 1. The minimum Gasteiger partial charge on any atom is -0.505 e. The van der Waals surface area contributed by atoms with Crippen LogP contribution in [-0.2, 0) is 10.0 Å². The first-order valence-corrected chi connectivity index (χ1v) is 15.3. The molecule has 1 saturated heterocycles. The number of aryl methyl sites for hydroxylation is 2. The summed E-state index contributed by atoms with van der Waals surface area (Å²) in [4.78, 5) is 22.7. The zero-order valence-electron chi connectivity index (χ0n) is 24.3. The number of aliphatic hydroxyl groups is 1. The van der Waals surface area contributed by atoms with E-state index in [-0.39, 0.29) is 22.8 Å². The van der Waals surface area contributed by atoms with Gasteiger partial charge < -0.3 is 19.5 Å². The van der Waals surface area contributed by atoms with Crippen molar-refractivity contribution in [2.24, 2.45) is 0 Å². The number of pyridine rings is 1. The van der Waals surface area contributed by atoms with E-state index in [0.29, 0.717) is 35.5 Å². The van der Waals surface area contributed by atoms with E-state index in [2.05, 4.69) is 14.8 Å². The molecule has 1 N–H and O–H groups in total. The highest BCUT2D eigenvalue weighted by atomic mass is 32.2. The normalized spacial score (nSPS) is 18.0. The Labute approximate surface area is 246 Å². The average Bonchev–Trinajstić information content (AvgIpc) is 2.99. The highest BCUT2D eigenvalue weighted by Gasteiger charge is 2.43. The number of methoxy groups -OCH3 is 2. The Hall–Kier alpha value is -4.09. The van der Waals surface area contributed by atoms with Crippen LogP contribution in [0.1, 0.15) is 33.6 Å². The number of anilines is 1. The van der Waals surface area contributed by atoms with Crippen LogP contribution in [0.3, 0.4) is 0 Å². The molecule has 0 bridgehead atoms. The van der Waals surface area contributed by atoms with Crippen molar-refractivity contribution in [1.29, 1.82) is 0 Å². The van der Waals surface area contributed by atoms with Gasteiger partial charge in [-0.2, -0.15) is 8.42 Å². The number of rotatable bonds is 8. The van der Waals surface area contributed by atoms with Crippen LogP contribution in [-0.4, -0.2) is 87.0 Å². The Bertz CT molecular complexity index is 1610. The third-order valence-corrected chi connectivity index (χ3v) is 9.49. The molecule has 11 heteroatoms. The number of aliphatic hydroxyl groups excluding tert-OH is 1. The molecule has 2 aromatic carbocycles. The largest absolute Gasteiger partial charge is 0.505 e. The molecule has 1 aromatic heterocycles. The molecule has 0 radical (unpaired) electrons. The highest BCUT2D eigenvalue weighted by molar-refractivity contribution is 7.89. The van der Waals surface area contributed by atoms with Crippen molar-refractivity contribution in [3.05, 3.63) is 82.7 Å². The number of para-hydroxylation sites is 2. The lowest BCUT2D eigenvalue weighted by Crippen LogP contribution is -2.47. The maximum absolute atomic E-state index is 14.0. The van der Waals surface area contributed by atoms with Crippen molar-refractivity contribution in [2.75, 3.05) is 58.4 Å². The Balaban J connectivity index is 1.39. The fourth-order valence-corrected chi connectivity index (χ4v) is 7.37. The quantitative estimate of drug-likeness (QED) is 0.306. The minimum atomic E-state index is -4.21. The lowest BCUT2D eigenvalue weighted by molar-refractivity contribution is 0.0995. The van der Waals surface area contributed by atoms with Gasteiger partial charge in [0.1, 0.15) is 17.2 Å². The third-order valence-electron chi connectivity index (χ3n) is 7.76. The van der Waals surface area contributed by atoms with Crippen LogP contribution in [0, 0.1) is 13.8 Å². The maximum Gasteiger partial charge on any atom is 0.282 e. The molecular weight excluding hydrogens is 556 g/mol. The lowest BCUT2D eigenvalue weighted by atomic mass is 10.0. The van der Waals surface area contributed by atoms with E-state index in [1.165, 1.54) is 7.11 Å². The number of ketones is 1.